The highest BCUT2D eigenvalue weighted by atomic mass is 35.5. The van der Waals surface area contributed by atoms with Crippen molar-refractivity contribution in [3.63, 3.8) is 0 Å². The number of benzene rings is 1. The van der Waals surface area contributed by atoms with Crippen LogP contribution in [0.1, 0.15) is 30.5 Å². The fraction of sp³-hybridized carbons (Fsp3) is 0.500. The fourth-order valence-corrected chi connectivity index (χ4v) is 4.20. The van der Waals surface area contributed by atoms with Crippen LogP contribution in [-0.2, 0) is 17.6 Å². The number of aromatic nitrogens is 2. The largest absolute Gasteiger partial charge is 0.356 e. The number of carbonyl (C=O) groups is 1. The van der Waals surface area contributed by atoms with E-state index in [4.69, 9.17) is 9.97 Å². The van der Waals surface area contributed by atoms with Gasteiger partial charge < -0.3 is 15.5 Å². The average molecular weight is 452 g/mol. The van der Waals surface area contributed by atoms with Gasteiger partial charge in [-0.3, -0.25) is 4.79 Å². The van der Waals surface area contributed by atoms with Crippen molar-refractivity contribution in [2.75, 3.05) is 38.1 Å². The molecule has 1 aromatic carbocycles. The first-order valence-electron chi connectivity index (χ1n) is 10.4. The number of amides is 1. The number of hydrogen-bond acceptors (Lipinski definition) is 5. The van der Waals surface area contributed by atoms with Crippen molar-refractivity contribution in [2.45, 2.75) is 32.1 Å². The van der Waals surface area contributed by atoms with Crippen LogP contribution in [0.5, 0.6) is 0 Å². The number of nitrogens with one attached hydrogen (secondary N) is 2. The Morgan fingerprint density at radius 3 is 2.50 bits per heavy atom. The first-order valence-corrected chi connectivity index (χ1v) is 10.4. The second kappa shape index (κ2) is 11.5. The van der Waals surface area contributed by atoms with Crippen LogP contribution in [0.2, 0.25) is 0 Å². The lowest BCUT2D eigenvalue weighted by molar-refractivity contribution is -0.125. The maximum absolute atomic E-state index is 12.4. The Balaban J connectivity index is 0.00000160. The summed E-state index contributed by atoms with van der Waals surface area (Å²) in [5.41, 5.74) is 3.59. The number of piperidine rings is 1. The van der Waals surface area contributed by atoms with E-state index in [1.165, 1.54) is 11.3 Å². The number of fused-ring (bicyclic) bond motifs is 1. The lowest BCUT2D eigenvalue weighted by Gasteiger charge is -2.33. The molecule has 8 heteroatoms. The molecule has 0 atom stereocenters. The molecule has 1 aliphatic heterocycles. The van der Waals surface area contributed by atoms with Crippen LogP contribution >= 0.6 is 24.8 Å². The number of aryl methyl sites for hydroxylation is 1. The van der Waals surface area contributed by atoms with Crippen LogP contribution < -0.4 is 15.5 Å². The Morgan fingerprint density at radius 1 is 1.07 bits per heavy atom. The van der Waals surface area contributed by atoms with E-state index in [-0.39, 0.29) is 36.6 Å². The van der Waals surface area contributed by atoms with Gasteiger partial charge in [0.25, 0.3) is 0 Å². The minimum Gasteiger partial charge on any atom is -0.356 e. The first kappa shape index (κ1) is 24.4. The summed E-state index contributed by atoms with van der Waals surface area (Å²) in [7, 11) is 1.90. The van der Waals surface area contributed by atoms with Crippen LogP contribution in [0.25, 0.3) is 11.4 Å². The zero-order valence-corrected chi connectivity index (χ0v) is 19.0. The van der Waals surface area contributed by atoms with Gasteiger partial charge in [0.05, 0.1) is 0 Å². The number of halogens is 2. The molecule has 0 radical (unpaired) electrons. The van der Waals surface area contributed by atoms with Crippen molar-refractivity contribution in [1.29, 1.82) is 0 Å². The average Bonchev–Trinajstić information content (AvgIpc) is 3.23. The number of anilines is 1. The molecule has 1 amide bonds. The molecular formula is C22H31Cl2N5O. The monoisotopic (exact) mass is 451 g/mol. The predicted molar refractivity (Wildman–Crippen MR) is 126 cm³/mol. The highest BCUT2D eigenvalue weighted by molar-refractivity contribution is 5.85. The Kier molecular flexibility index (Phi) is 9.34. The number of carbonyl (C=O) groups excluding carboxylic acids is 1. The highest BCUT2D eigenvalue weighted by Crippen LogP contribution is 2.33. The van der Waals surface area contributed by atoms with Gasteiger partial charge in [-0.05, 0) is 39.2 Å². The van der Waals surface area contributed by atoms with Crippen molar-refractivity contribution < 1.29 is 4.79 Å². The second-order valence-corrected chi connectivity index (χ2v) is 7.67. The van der Waals surface area contributed by atoms with Crippen LogP contribution in [-0.4, -0.2) is 49.1 Å². The minimum atomic E-state index is 0. The number of hydrogen-bond donors (Lipinski definition) is 2. The zero-order valence-electron chi connectivity index (χ0n) is 17.4. The molecule has 164 valence electrons. The molecule has 0 saturated carbocycles. The van der Waals surface area contributed by atoms with Crippen molar-refractivity contribution >= 4 is 36.5 Å². The summed E-state index contributed by atoms with van der Waals surface area (Å²) >= 11 is 0. The van der Waals surface area contributed by atoms with Gasteiger partial charge in [0.15, 0.2) is 5.82 Å². The standard InChI is InChI=1S/C22H29N5O.2ClH/c1-23-12-13-24-22(28)17-10-14-27(15-11-17)21-18-8-5-9-19(18)25-20(26-21)16-6-3-2-4-7-16;;/h2-4,6-7,17,23H,5,8-15H2,1H3,(H,24,28);2*1H. The molecule has 0 spiro atoms. The third-order valence-corrected chi connectivity index (χ3v) is 5.78. The molecule has 2 aliphatic rings. The molecule has 1 saturated heterocycles. The van der Waals surface area contributed by atoms with Crippen molar-refractivity contribution in [3.05, 3.63) is 41.6 Å². The van der Waals surface area contributed by atoms with E-state index in [2.05, 4.69) is 27.7 Å². The van der Waals surface area contributed by atoms with E-state index < -0.39 is 0 Å². The van der Waals surface area contributed by atoms with Gasteiger partial charge in [-0.25, -0.2) is 9.97 Å². The number of nitrogens with zero attached hydrogens (tertiary/aromatic N) is 3. The Morgan fingerprint density at radius 2 is 1.80 bits per heavy atom. The van der Waals surface area contributed by atoms with Crippen molar-refractivity contribution in [1.82, 2.24) is 20.6 Å². The maximum Gasteiger partial charge on any atom is 0.223 e. The Bertz CT molecular complexity index is 826. The van der Waals surface area contributed by atoms with Gasteiger partial charge in [0, 0.05) is 48.9 Å². The third kappa shape index (κ3) is 5.42. The third-order valence-electron chi connectivity index (χ3n) is 5.78. The highest BCUT2D eigenvalue weighted by Gasteiger charge is 2.29. The van der Waals surface area contributed by atoms with Gasteiger partial charge in [0.2, 0.25) is 5.91 Å². The second-order valence-electron chi connectivity index (χ2n) is 7.67. The van der Waals surface area contributed by atoms with Gasteiger partial charge in [-0.1, -0.05) is 30.3 Å². The lowest BCUT2D eigenvalue weighted by Crippen LogP contribution is -2.42. The quantitative estimate of drug-likeness (QED) is 0.660. The molecule has 2 N–H and O–H groups in total. The Labute approximate surface area is 191 Å². The van der Waals surface area contributed by atoms with Crippen LogP contribution in [0.15, 0.2) is 30.3 Å². The molecule has 6 nitrogen and oxygen atoms in total. The number of likely N-dealkylation sites (N-methyl/N-ethyl adjacent to an activating group) is 1. The maximum atomic E-state index is 12.4. The SMILES string of the molecule is CNCCNC(=O)C1CCN(c2nc(-c3ccccc3)nc3c2CCC3)CC1.Cl.Cl. The molecule has 1 aromatic heterocycles. The molecule has 30 heavy (non-hydrogen) atoms. The topological polar surface area (TPSA) is 70.2 Å². The summed E-state index contributed by atoms with van der Waals surface area (Å²) in [5, 5.41) is 6.09. The zero-order chi connectivity index (χ0) is 19.3. The van der Waals surface area contributed by atoms with Gasteiger partial charge in [0.1, 0.15) is 5.82 Å². The van der Waals surface area contributed by atoms with Crippen molar-refractivity contribution in [3.8, 4) is 11.4 Å². The molecule has 1 aliphatic carbocycles. The molecule has 0 bridgehead atoms. The van der Waals surface area contributed by atoms with Crippen molar-refractivity contribution in [2.24, 2.45) is 5.92 Å². The van der Waals surface area contributed by atoms with E-state index in [1.807, 2.05) is 25.2 Å². The number of rotatable bonds is 6. The summed E-state index contributed by atoms with van der Waals surface area (Å²) < 4.78 is 0. The summed E-state index contributed by atoms with van der Waals surface area (Å²) in [6.45, 7) is 3.25. The van der Waals surface area contributed by atoms with Crippen LogP contribution in [0.4, 0.5) is 5.82 Å². The normalized spacial score (nSPS) is 15.7. The molecular weight excluding hydrogens is 421 g/mol. The van der Waals surface area contributed by atoms with E-state index >= 15 is 0 Å². The fourth-order valence-electron chi connectivity index (χ4n) is 4.20. The smallest absolute Gasteiger partial charge is 0.223 e. The first-order chi connectivity index (χ1) is 13.8. The van der Waals surface area contributed by atoms with E-state index in [0.717, 1.165) is 68.9 Å². The van der Waals surface area contributed by atoms with E-state index in [1.54, 1.807) is 0 Å². The Hall–Kier alpha value is -1.89. The molecule has 1 fully saturated rings. The lowest BCUT2D eigenvalue weighted by atomic mass is 9.95. The molecule has 2 aromatic rings. The van der Waals surface area contributed by atoms with Gasteiger partial charge in [-0.15, -0.1) is 24.8 Å². The summed E-state index contributed by atoms with van der Waals surface area (Å²) in [4.78, 5) is 24.6. The summed E-state index contributed by atoms with van der Waals surface area (Å²) in [5.74, 6) is 2.21. The van der Waals surface area contributed by atoms with Crippen LogP contribution in [0, 0.1) is 5.92 Å². The van der Waals surface area contributed by atoms with E-state index in [0.29, 0.717) is 6.54 Å². The van der Waals surface area contributed by atoms with Gasteiger partial charge in [-0.2, -0.15) is 0 Å². The van der Waals surface area contributed by atoms with Gasteiger partial charge >= 0.3 is 0 Å². The molecule has 4 rings (SSSR count). The summed E-state index contributed by atoms with van der Waals surface area (Å²) in [6.07, 6.45) is 5.01. The van der Waals surface area contributed by atoms with E-state index in [9.17, 15) is 4.79 Å². The molecule has 2 heterocycles. The summed E-state index contributed by atoms with van der Waals surface area (Å²) in [6, 6.07) is 10.2. The van der Waals surface area contributed by atoms with Crippen LogP contribution in [0.3, 0.4) is 0 Å². The predicted octanol–water partition coefficient (Wildman–Crippen LogP) is 3.03. The minimum absolute atomic E-state index is 0. The molecule has 0 unspecified atom stereocenters.